The molecule has 23 heavy (non-hydrogen) atoms. The summed E-state index contributed by atoms with van der Waals surface area (Å²) in [6.45, 7) is 0.579. The van der Waals surface area contributed by atoms with Gasteiger partial charge in [-0.05, 0) is 17.7 Å². The topological polar surface area (TPSA) is 76.4 Å². The van der Waals surface area contributed by atoms with Gasteiger partial charge in [-0.15, -0.1) is 0 Å². The molecule has 116 valence electrons. The number of hydrogen-bond acceptors (Lipinski definition) is 4. The molecule has 2 rings (SSSR count). The molecule has 0 aliphatic heterocycles. The van der Waals surface area contributed by atoms with Crippen molar-refractivity contribution < 1.29 is 9.90 Å². The number of amides is 1. The van der Waals surface area contributed by atoms with Crippen LogP contribution in [0.4, 0.5) is 5.69 Å². The summed E-state index contributed by atoms with van der Waals surface area (Å²) in [6, 6.07) is 18.0. The van der Waals surface area contributed by atoms with Crippen molar-refractivity contribution in [2.75, 3.05) is 12.4 Å². The Morgan fingerprint density at radius 1 is 1.22 bits per heavy atom. The Morgan fingerprint density at radius 2 is 1.87 bits per heavy atom. The Kier molecular flexibility index (Phi) is 5.37. The average molecular weight is 307 g/mol. The first-order valence-electron chi connectivity index (χ1n) is 7.05. The number of nitrogens with one attached hydrogen (secondary N) is 1. The van der Waals surface area contributed by atoms with Crippen LogP contribution in [0, 0.1) is 11.3 Å². The van der Waals surface area contributed by atoms with E-state index >= 15 is 0 Å². The van der Waals surface area contributed by atoms with Gasteiger partial charge in [-0.2, -0.15) is 5.26 Å². The first-order valence-corrected chi connectivity index (χ1v) is 7.05. The monoisotopic (exact) mass is 307 g/mol. The van der Waals surface area contributed by atoms with E-state index in [-0.39, 0.29) is 17.0 Å². The molecule has 0 aliphatic carbocycles. The van der Waals surface area contributed by atoms with Crippen LogP contribution < -0.4 is 5.32 Å². The Hall–Kier alpha value is -3.26. The number of rotatable bonds is 5. The molecule has 0 unspecified atom stereocenters. The van der Waals surface area contributed by atoms with E-state index < -0.39 is 5.91 Å². The maximum absolute atomic E-state index is 12.1. The van der Waals surface area contributed by atoms with Crippen molar-refractivity contribution in [1.82, 2.24) is 4.90 Å². The van der Waals surface area contributed by atoms with E-state index in [0.29, 0.717) is 6.54 Å². The molecule has 2 aromatic rings. The number of benzene rings is 2. The largest absolute Gasteiger partial charge is 0.506 e. The molecule has 0 aromatic heterocycles. The Labute approximate surface area is 135 Å². The number of phenols is 1. The summed E-state index contributed by atoms with van der Waals surface area (Å²) in [5, 5.41) is 21.4. The number of nitrogens with zero attached hydrogens (tertiary/aromatic N) is 2. The highest BCUT2D eigenvalue weighted by molar-refractivity contribution is 6.07. The van der Waals surface area contributed by atoms with Crippen molar-refractivity contribution in [3.05, 3.63) is 71.9 Å². The molecule has 0 heterocycles. The van der Waals surface area contributed by atoms with Gasteiger partial charge in [0.15, 0.2) is 0 Å². The van der Waals surface area contributed by atoms with Gasteiger partial charge in [0.1, 0.15) is 17.4 Å². The molecule has 0 radical (unpaired) electrons. The van der Waals surface area contributed by atoms with Crippen LogP contribution in [0.2, 0.25) is 0 Å². The average Bonchev–Trinajstić information content (AvgIpc) is 2.55. The standard InChI is InChI=1S/C18H17N3O2/c1-21(12-14-7-3-2-4-8-14)13-15(11-19)18(23)20-16-9-5-6-10-17(16)22/h2-10,13,22H,12H2,1H3,(H,20,23)/b15-13-. The summed E-state index contributed by atoms with van der Waals surface area (Å²) in [7, 11) is 1.79. The molecule has 0 saturated carbocycles. The van der Waals surface area contributed by atoms with Gasteiger partial charge in [0.2, 0.25) is 0 Å². The number of aromatic hydroxyl groups is 1. The van der Waals surface area contributed by atoms with E-state index in [1.165, 1.54) is 12.3 Å². The molecule has 0 spiro atoms. The van der Waals surface area contributed by atoms with Crippen LogP contribution in [0.25, 0.3) is 0 Å². The summed E-state index contributed by atoms with van der Waals surface area (Å²) in [4.78, 5) is 13.9. The van der Waals surface area contributed by atoms with E-state index in [1.54, 1.807) is 30.1 Å². The second-order valence-corrected chi connectivity index (χ2v) is 5.03. The first kappa shape index (κ1) is 16.1. The predicted octanol–water partition coefficient (Wildman–Crippen LogP) is 2.87. The molecule has 2 aromatic carbocycles. The highest BCUT2D eigenvalue weighted by atomic mass is 16.3. The van der Waals surface area contributed by atoms with Gasteiger partial charge in [-0.25, -0.2) is 0 Å². The SMILES string of the molecule is CN(/C=C(/C#N)C(=O)Nc1ccccc1O)Cc1ccccc1. The zero-order valence-electron chi connectivity index (χ0n) is 12.7. The van der Waals surface area contributed by atoms with Gasteiger partial charge in [0, 0.05) is 19.8 Å². The molecule has 5 heteroatoms. The number of carbonyl (C=O) groups is 1. The Balaban J connectivity index is 2.07. The molecule has 5 nitrogen and oxygen atoms in total. The van der Waals surface area contributed by atoms with Gasteiger partial charge in [0.05, 0.1) is 5.69 Å². The predicted molar refractivity (Wildman–Crippen MR) is 88.3 cm³/mol. The lowest BCUT2D eigenvalue weighted by Gasteiger charge is -2.15. The zero-order valence-corrected chi connectivity index (χ0v) is 12.7. The van der Waals surface area contributed by atoms with Crippen LogP contribution in [0.3, 0.4) is 0 Å². The van der Waals surface area contributed by atoms with E-state index in [0.717, 1.165) is 5.56 Å². The summed E-state index contributed by atoms with van der Waals surface area (Å²) in [6.07, 6.45) is 1.49. The first-order chi connectivity index (χ1) is 11.1. The molecular weight excluding hydrogens is 290 g/mol. The van der Waals surface area contributed by atoms with Crippen molar-refractivity contribution in [3.63, 3.8) is 0 Å². The molecule has 0 saturated heterocycles. The van der Waals surface area contributed by atoms with Gasteiger partial charge in [-0.1, -0.05) is 42.5 Å². The molecular formula is C18H17N3O2. The maximum Gasteiger partial charge on any atom is 0.267 e. The fourth-order valence-electron chi connectivity index (χ4n) is 2.04. The summed E-state index contributed by atoms with van der Waals surface area (Å²) in [5.41, 5.74) is 1.31. The van der Waals surface area contributed by atoms with Gasteiger partial charge in [-0.3, -0.25) is 4.79 Å². The van der Waals surface area contributed by atoms with Crippen LogP contribution in [0.1, 0.15) is 5.56 Å². The number of anilines is 1. The molecule has 0 atom stereocenters. The van der Waals surface area contributed by atoms with Crippen molar-refractivity contribution in [2.24, 2.45) is 0 Å². The number of nitriles is 1. The van der Waals surface area contributed by atoms with E-state index in [1.807, 2.05) is 36.4 Å². The lowest BCUT2D eigenvalue weighted by molar-refractivity contribution is -0.112. The maximum atomic E-state index is 12.1. The van der Waals surface area contributed by atoms with Crippen molar-refractivity contribution in [3.8, 4) is 11.8 Å². The molecule has 0 aliphatic rings. The van der Waals surface area contributed by atoms with Crippen LogP contribution in [-0.2, 0) is 11.3 Å². The third kappa shape index (κ3) is 4.61. The summed E-state index contributed by atoms with van der Waals surface area (Å²) < 4.78 is 0. The van der Waals surface area contributed by atoms with Crippen LogP contribution in [0.5, 0.6) is 5.75 Å². The normalized spacial score (nSPS) is 10.7. The fourth-order valence-corrected chi connectivity index (χ4v) is 2.04. The Morgan fingerprint density at radius 3 is 2.52 bits per heavy atom. The minimum absolute atomic E-state index is 0.0355. The van der Waals surface area contributed by atoms with Crippen molar-refractivity contribution in [2.45, 2.75) is 6.54 Å². The van der Waals surface area contributed by atoms with Crippen LogP contribution in [0.15, 0.2) is 66.4 Å². The van der Waals surface area contributed by atoms with Crippen LogP contribution >= 0.6 is 0 Å². The second-order valence-electron chi connectivity index (χ2n) is 5.03. The number of carbonyl (C=O) groups excluding carboxylic acids is 1. The van der Waals surface area contributed by atoms with Gasteiger partial charge < -0.3 is 15.3 Å². The summed E-state index contributed by atoms with van der Waals surface area (Å²) >= 11 is 0. The highest BCUT2D eigenvalue weighted by Crippen LogP contribution is 2.22. The number of phenolic OH excluding ortho intramolecular Hbond substituents is 1. The molecule has 1 amide bonds. The minimum atomic E-state index is -0.561. The van der Waals surface area contributed by atoms with E-state index in [4.69, 9.17) is 0 Å². The lowest BCUT2D eigenvalue weighted by Crippen LogP contribution is -2.18. The third-order valence-corrected chi connectivity index (χ3v) is 3.14. The van der Waals surface area contributed by atoms with Crippen LogP contribution in [-0.4, -0.2) is 23.0 Å². The highest BCUT2D eigenvalue weighted by Gasteiger charge is 2.12. The molecule has 0 bridgehead atoms. The van der Waals surface area contributed by atoms with Crippen molar-refractivity contribution >= 4 is 11.6 Å². The minimum Gasteiger partial charge on any atom is -0.506 e. The number of para-hydroxylation sites is 2. The van der Waals surface area contributed by atoms with Gasteiger partial charge in [0.25, 0.3) is 5.91 Å². The Bertz CT molecular complexity index is 748. The smallest absolute Gasteiger partial charge is 0.267 e. The quantitative estimate of drug-likeness (QED) is 0.506. The lowest BCUT2D eigenvalue weighted by atomic mass is 10.2. The van der Waals surface area contributed by atoms with E-state index in [2.05, 4.69) is 5.32 Å². The molecule has 0 fully saturated rings. The zero-order chi connectivity index (χ0) is 16.7. The van der Waals surface area contributed by atoms with Gasteiger partial charge >= 0.3 is 0 Å². The van der Waals surface area contributed by atoms with E-state index in [9.17, 15) is 15.2 Å². The summed E-state index contributed by atoms with van der Waals surface area (Å²) in [5.74, 6) is -0.607. The number of hydrogen-bond donors (Lipinski definition) is 2. The third-order valence-electron chi connectivity index (χ3n) is 3.14. The molecule has 2 N–H and O–H groups in total. The fraction of sp³-hybridized carbons (Fsp3) is 0.111. The van der Waals surface area contributed by atoms with Crippen molar-refractivity contribution in [1.29, 1.82) is 5.26 Å². The second kappa shape index (κ2) is 7.66.